The summed E-state index contributed by atoms with van der Waals surface area (Å²) in [7, 11) is -6.03. The van der Waals surface area contributed by atoms with Crippen molar-refractivity contribution in [3.05, 3.63) is 12.1 Å². The lowest BCUT2D eigenvalue weighted by Gasteiger charge is -2.52. The Hall–Kier alpha value is 0.268. The Labute approximate surface area is 236 Å². The van der Waals surface area contributed by atoms with E-state index in [1.165, 1.54) is 51.4 Å². The van der Waals surface area contributed by atoms with Crippen molar-refractivity contribution < 1.29 is 0 Å². The molecule has 0 aromatic carbocycles. The van der Waals surface area contributed by atoms with Gasteiger partial charge in [0.15, 0.2) is 0 Å². The summed E-state index contributed by atoms with van der Waals surface area (Å²) in [5, 5.41) is 4.00. The first kappa shape index (κ1) is 30.8. The predicted octanol–water partition coefficient (Wildman–Crippen LogP) is 9.17. The molecule has 0 bridgehead atoms. The molecule has 204 valence electrons. The smallest absolute Gasteiger partial charge is 0.0904 e. The van der Waals surface area contributed by atoms with Crippen molar-refractivity contribution in [2.75, 3.05) is 0 Å². The first-order valence-corrected chi connectivity index (χ1v) is 29.7. The number of hydrogen-bond donors (Lipinski definition) is 0. The number of rotatable bonds is 14. The molecule has 0 saturated heterocycles. The van der Waals surface area contributed by atoms with Gasteiger partial charge in [0.2, 0.25) is 0 Å². The zero-order chi connectivity index (χ0) is 26.8. The second kappa shape index (κ2) is 12.2. The lowest BCUT2D eigenvalue weighted by Crippen LogP contribution is -2.77. The molecule has 0 spiro atoms. The van der Waals surface area contributed by atoms with E-state index in [0.29, 0.717) is 0 Å². The maximum Gasteiger partial charge on any atom is 0.0904 e. The molecule has 1 aliphatic rings. The van der Waals surface area contributed by atoms with Crippen LogP contribution in [0.1, 0.15) is 79.1 Å². The van der Waals surface area contributed by atoms with E-state index in [9.17, 15) is 0 Å². The summed E-state index contributed by atoms with van der Waals surface area (Å²) in [4.78, 5) is 3.60. The molecule has 2 aromatic rings. The van der Waals surface area contributed by atoms with Crippen molar-refractivity contribution in [3.63, 3.8) is 0 Å². The molecular formula is C30H56S2Si4. The fraction of sp³-hybridized carbons (Fsp3) is 0.733. The van der Waals surface area contributed by atoms with Crippen LogP contribution in [0.15, 0.2) is 12.1 Å². The molecule has 6 heteroatoms. The van der Waals surface area contributed by atoms with Crippen LogP contribution in [-0.2, 0) is 0 Å². The summed E-state index contributed by atoms with van der Waals surface area (Å²) in [5.74, 6) is 0. The largest absolute Gasteiger partial charge is 0.144 e. The Morgan fingerprint density at radius 3 is 1.03 bits per heavy atom. The zero-order valence-corrected chi connectivity index (χ0v) is 31.1. The van der Waals surface area contributed by atoms with Crippen molar-refractivity contribution >= 4 is 73.4 Å². The second-order valence-corrected chi connectivity index (χ2v) is 39.8. The average Bonchev–Trinajstić information content (AvgIpc) is 3.45. The fourth-order valence-corrected chi connectivity index (χ4v) is 37.9. The molecule has 0 fully saturated rings. The van der Waals surface area contributed by atoms with Gasteiger partial charge in [0.1, 0.15) is 0 Å². The lowest BCUT2D eigenvalue weighted by molar-refractivity contribution is 0.821. The minimum atomic E-state index is -1.66. The highest BCUT2D eigenvalue weighted by Gasteiger charge is 2.60. The highest BCUT2D eigenvalue weighted by molar-refractivity contribution is 7.55. The van der Waals surface area contributed by atoms with Crippen LogP contribution in [0.25, 0.3) is 9.75 Å². The molecular weight excluding hydrogens is 537 g/mol. The first-order chi connectivity index (χ1) is 16.9. The average molecular weight is 593 g/mol. The summed E-state index contributed by atoms with van der Waals surface area (Å²) in [5.41, 5.74) is 0. The van der Waals surface area contributed by atoms with E-state index in [1.54, 1.807) is 42.9 Å². The Morgan fingerprint density at radius 1 is 0.528 bits per heavy atom. The van der Waals surface area contributed by atoms with Gasteiger partial charge in [-0.25, -0.2) is 0 Å². The van der Waals surface area contributed by atoms with Crippen molar-refractivity contribution in [3.8, 4) is 9.75 Å². The van der Waals surface area contributed by atoms with Gasteiger partial charge >= 0.3 is 0 Å². The van der Waals surface area contributed by atoms with E-state index < -0.39 is 31.3 Å². The third kappa shape index (κ3) is 5.74. The molecule has 3 heterocycles. The molecule has 0 nitrogen and oxygen atoms in total. The summed E-state index contributed by atoms with van der Waals surface area (Å²) in [6.45, 7) is 25.4. The van der Waals surface area contributed by atoms with Gasteiger partial charge in [-0.15, -0.1) is 22.7 Å². The van der Waals surface area contributed by atoms with Crippen LogP contribution in [0.2, 0.25) is 63.5 Å². The predicted molar refractivity (Wildman–Crippen MR) is 183 cm³/mol. The molecule has 0 atom stereocenters. The van der Waals surface area contributed by atoms with Gasteiger partial charge in [-0.1, -0.05) is 155 Å². The Balaban J connectivity index is 2.47. The van der Waals surface area contributed by atoms with E-state index in [1.807, 2.05) is 10.4 Å². The first-order valence-electron chi connectivity index (χ1n) is 15.2. The molecule has 0 radical (unpaired) electrons. The molecule has 0 saturated carbocycles. The number of unbranched alkanes of at least 4 members (excludes halogenated alkanes) is 4. The van der Waals surface area contributed by atoms with E-state index in [0.717, 1.165) is 0 Å². The van der Waals surface area contributed by atoms with Crippen LogP contribution in [0.4, 0.5) is 0 Å². The number of fused-ring (bicyclic) bond motifs is 3. The van der Waals surface area contributed by atoms with Crippen LogP contribution in [-0.4, -0.2) is 31.3 Å². The molecule has 1 aliphatic heterocycles. The van der Waals surface area contributed by atoms with E-state index in [4.69, 9.17) is 0 Å². The van der Waals surface area contributed by atoms with Crippen molar-refractivity contribution in [1.82, 2.24) is 0 Å². The van der Waals surface area contributed by atoms with Gasteiger partial charge in [0.25, 0.3) is 0 Å². The van der Waals surface area contributed by atoms with Gasteiger partial charge in [0.05, 0.1) is 31.3 Å². The topological polar surface area (TPSA) is 0 Å². The second-order valence-electron chi connectivity index (χ2n) is 13.8. The molecule has 3 rings (SSSR count). The minimum Gasteiger partial charge on any atom is -0.144 e. The molecule has 0 N–H and O–H groups in total. The molecule has 0 unspecified atom stereocenters. The Morgan fingerprint density at radius 2 is 0.806 bits per heavy atom. The van der Waals surface area contributed by atoms with Crippen LogP contribution < -0.4 is 19.4 Å². The van der Waals surface area contributed by atoms with Crippen LogP contribution in [0.3, 0.4) is 0 Å². The van der Waals surface area contributed by atoms with Gasteiger partial charge in [-0.2, -0.15) is 0 Å². The Kier molecular flexibility index (Phi) is 10.4. The molecule has 0 amide bonds. The van der Waals surface area contributed by atoms with Crippen molar-refractivity contribution in [2.24, 2.45) is 0 Å². The van der Waals surface area contributed by atoms with Crippen LogP contribution >= 0.6 is 22.7 Å². The Bertz CT molecular complexity index is 893. The zero-order valence-electron chi connectivity index (χ0n) is 25.5. The maximum absolute atomic E-state index is 2.89. The summed E-state index contributed by atoms with van der Waals surface area (Å²) >= 11 is 4.54. The fourth-order valence-electron chi connectivity index (χ4n) is 6.75. The van der Waals surface area contributed by atoms with E-state index in [2.05, 4.69) is 102 Å². The van der Waals surface area contributed by atoms with Gasteiger partial charge in [-0.3, -0.25) is 0 Å². The van der Waals surface area contributed by atoms with Crippen LogP contribution in [0, 0.1) is 0 Å². The van der Waals surface area contributed by atoms with E-state index >= 15 is 0 Å². The van der Waals surface area contributed by atoms with Crippen molar-refractivity contribution in [2.45, 2.75) is 143 Å². The lowest BCUT2D eigenvalue weighted by atomic mass is 10.3. The SMILES string of the molecule is CCCC[Si]1(CCCC)c2cc([Si](C)(C)C)sc2-c2sc([Si](C)(C)C)cc2[Si]1(CCCC)CCCC. The molecule has 36 heavy (non-hydrogen) atoms. The third-order valence-electron chi connectivity index (χ3n) is 8.92. The van der Waals surface area contributed by atoms with Crippen molar-refractivity contribution in [1.29, 1.82) is 0 Å². The quantitative estimate of drug-likeness (QED) is 0.192. The maximum atomic E-state index is 2.89. The number of thiophene rings is 2. The monoisotopic (exact) mass is 592 g/mol. The van der Waals surface area contributed by atoms with Gasteiger partial charge in [0, 0.05) is 9.75 Å². The summed E-state index contributed by atoms with van der Waals surface area (Å²) in [6.07, 6.45) is 11.3. The normalized spacial score (nSPS) is 16.7. The highest BCUT2D eigenvalue weighted by atomic mass is 32.1. The minimum absolute atomic E-state index is 1.35. The van der Waals surface area contributed by atoms with E-state index in [-0.39, 0.29) is 0 Å². The third-order valence-corrected chi connectivity index (χ3v) is 38.5. The van der Waals surface area contributed by atoms with Crippen LogP contribution in [0.5, 0.6) is 0 Å². The summed E-state index contributed by atoms with van der Waals surface area (Å²) in [6, 6.07) is 12.1. The molecule has 0 aliphatic carbocycles. The number of hydrogen-bond acceptors (Lipinski definition) is 2. The highest BCUT2D eigenvalue weighted by Crippen LogP contribution is 2.47. The standard InChI is InChI=1S/C30H56S2Si4/c1-11-15-19-35(20-16-12-2)25-23-27(33(5,6)7)31-29(25)30-26(24-28(32-30)34(8,9)10)36(35,21-17-13-3)22-18-14-4/h23-24H,11-22H2,1-10H3. The summed E-state index contributed by atoms with van der Waals surface area (Å²) < 4.78 is 3.59. The molecule has 2 aromatic heterocycles. The van der Waals surface area contributed by atoms with Gasteiger partial charge in [-0.05, 0) is 19.4 Å². The van der Waals surface area contributed by atoms with Gasteiger partial charge < -0.3 is 0 Å².